The molecule has 0 N–H and O–H groups in total. The van der Waals surface area contributed by atoms with E-state index in [0.717, 1.165) is 5.69 Å². The number of carbonyl (C=O) groups excluding carboxylic acids is 1. The Bertz CT molecular complexity index is 1150. The molecular weight excluding hydrogens is 374 g/mol. The minimum absolute atomic E-state index is 0.0511. The van der Waals surface area contributed by atoms with E-state index < -0.39 is 4.92 Å². The molecule has 0 atom stereocenters. The summed E-state index contributed by atoms with van der Waals surface area (Å²) in [6.45, 7) is 2.20. The lowest BCUT2D eigenvalue weighted by Crippen LogP contribution is -2.49. The Morgan fingerprint density at radius 2 is 1.62 bits per heavy atom. The van der Waals surface area contributed by atoms with Gasteiger partial charge in [0, 0.05) is 56.4 Å². The van der Waals surface area contributed by atoms with Crippen molar-refractivity contribution in [1.82, 2.24) is 14.7 Å². The molecule has 1 aliphatic rings. The lowest BCUT2D eigenvalue weighted by Gasteiger charge is -2.36. The first kappa shape index (κ1) is 18.6. The van der Waals surface area contributed by atoms with Crippen LogP contribution in [-0.4, -0.2) is 51.7 Å². The van der Waals surface area contributed by atoms with Gasteiger partial charge < -0.3 is 9.80 Å². The van der Waals surface area contributed by atoms with Crippen molar-refractivity contribution in [3.63, 3.8) is 0 Å². The number of aryl methyl sites for hydroxylation is 1. The lowest BCUT2D eigenvalue weighted by atomic mass is 10.1. The highest BCUT2D eigenvalue weighted by Gasteiger charge is 2.25. The van der Waals surface area contributed by atoms with Crippen molar-refractivity contribution >= 4 is 28.1 Å². The van der Waals surface area contributed by atoms with Crippen molar-refractivity contribution in [2.24, 2.45) is 7.05 Å². The van der Waals surface area contributed by atoms with Crippen LogP contribution in [-0.2, 0) is 7.05 Å². The third-order valence-corrected chi connectivity index (χ3v) is 5.15. The summed E-state index contributed by atoms with van der Waals surface area (Å²) in [5.41, 5.74) is 0.968. The van der Waals surface area contributed by atoms with Gasteiger partial charge in [-0.3, -0.25) is 19.7 Å². The van der Waals surface area contributed by atoms with E-state index in [9.17, 15) is 19.7 Å². The van der Waals surface area contributed by atoms with Gasteiger partial charge in [0.25, 0.3) is 17.2 Å². The maximum Gasteiger partial charge on any atom is 0.275 e. The van der Waals surface area contributed by atoms with E-state index in [4.69, 9.17) is 0 Å². The molecule has 2 aromatic carbocycles. The summed E-state index contributed by atoms with van der Waals surface area (Å²) in [5, 5.41) is 16.0. The van der Waals surface area contributed by atoms with Gasteiger partial charge in [-0.25, -0.2) is 4.68 Å². The Hall–Kier alpha value is -3.75. The summed E-state index contributed by atoms with van der Waals surface area (Å²) in [6.07, 6.45) is 0. The van der Waals surface area contributed by atoms with Crippen molar-refractivity contribution < 1.29 is 9.72 Å². The van der Waals surface area contributed by atoms with E-state index in [2.05, 4.69) is 10.00 Å². The highest BCUT2D eigenvalue weighted by molar-refractivity contribution is 6.04. The van der Waals surface area contributed by atoms with Crippen LogP contribution in [0.2, 0.25) is 0 Å². The van der Waals surface area contributed by atoms with Gasteiger partial charge in [0.15, 0.2) is 5.69 Å². The highest BCUT2D eigenvalue weighted by atomic mass is 16.6. The third-order valence-electron chi connectivity index (χ3n) is 5.15. The minimum Gasteiger partial charge on any atom is -0.368 e. The normalized spacial score (nSPS) is 14.2. The monoisotopic (exact) mass is 393 g/mol. The number of anilines is 1. The number of hydrogen-bond acceptors (Lipinski definition) is 6. The zero-order valence-corrected chi connectivity index (χ0v) is 15.8. The Balaban J connectivity index is 1.53. The predicted molar refractivity (Wildman–Crippen MR) is 108 cm³/mol. The topological polar surface area (TPSA) is 102 Å². The van der Waals surface area contributed by atoms with Gasteiger partial charge in [-0.1, -0.05) is 18.2 Å². The number of fused-ring (bicyclic) bond motifs is 1. The number of benzene rings is 2. The maximum atomic E-state index is 13.1. The summed E-state index contributed by atoms with van der Waals surface area (Å²) in [7, 11) is 1.54. The molecule has 9 nitrogen and oxygen atoms in total. The van der Waals surface area contributed by atoms with Gasteiger partial charge >= 0.3 is 0 Å². The number of nitro benzene ring substituents is 1. The Morgan fingerprint density at radius 1 is 1.00 bits per heavy atom. The van der Waals surface area contributed by atoms with Crippen LogP contribution >= 0.6 is 0 Å². The molecule has 0 spiro atoms. The Kier molecular flexibility index (Phi) is 4.71. The zero-order valence-electron chi connectivity index (χ0n) is 15.8. The fourth-order valence-electron chi connectivity index (χ4n) is 3.56. The molecule has 0 unspecified atom stereocenters. The Labute approximate surface area is 165 Å². The molecule has 9 heteroatoms. The van der Waals surface area contributed by atoms with E-state index in [1.54, 1.807) is 41.3 Å². The quantitative estimate of drug-likeness (QED) is 0.497. The van der Waals surface area contributed by atoms with Crippen molar-refractivity contribution in [2.45, 2.75) is 0 Å². The molecule has 1 amide bonds. The second-order valence-corrected chi connectivity index (χ2v) is 6.88. The van der Waals surface area contributed by atoms with Crippen LogP contribution in [0.4, 0.5) is 11.4 Å². The third kappa shape index (κ3) is 3.42. The minimum atomic E-state index is -0.426. The van der Waals surface area contributed by atoms with Crippen molar-refractivity contribution in [2.75, 3.05) is 31.1 Å². The van der Waals surface area contributed by atoms with E-state index in [0.29, 0.717) is 37.0 Å². The van der Waals surface area contributed by atoms with Gasteiger partial charge in [0.05, 0.1) is 10.3 Å². The highest BCUT2D eigenvalue weighted by Crippen LogP contribution is 2.22. The molecule has 4 rings (SSSR count). The first-order valence-corrected chi connectivity index (χ1v) is 9.20. The van der Waals surface area contributed by atoms with Crippen LogP contribution in [0.25, 0.3) is 10.8 Å². The molecule has 1 aromatic heterocycles. The Morgan fingerprint density at radius 3 is 2.24 bits per heavy atom. The zero-order chi connectivity index (χ0) is 20.5. The fraction of sp³-hybridized carbons (Fsp3) is 0.250. The van der Waals surface area contributed by atoms with Crippen LogP contribution in [0.3, 0.4) is 0 Å². The fourth-order valence-corrected chi connectivity index (χ4v) is 3.56. The molecule has 148 valence electrons. The second-order valence-electron chi connectivity index (χ2n) is 6.88. The number of rotatable bonds is 3. The second kappa shape index (κ2) is 7.34. The molecule has 0 saturated carbocycles. The van der Waals surface area contributed by atoms with Crippen LogP contribution in [0.15, 0.2) is 53.3 Å². The molecule has 1 fully saturated rings. The van der Waals surface area contributed by atoms with Crippen LogP contribution in [0.5, 0.6) is 0 Å². The molecule has 0 bridgehead atoms. The van der Waals surface area contributed by atoms with Gasteiger partial charge in [0.1, 0.15) is 0 Å². The first-order chi connectivity index (χ1) is 14.0. The van der Waals surface area contributed by atoms with Crippen molar-refractivity contribution in [1.29, 1.82) is 0 Å². The molecule has 1 saturated heterocycles. The summed E-state index contributed by atoms with van der Waals surface area (Å²) < 4.78 is 1.20. The van der Waals surface area contributed by atoms with Crippen LogP contribution in [0, 0.1) is 10.1 Å². The van der Waals surface area contributed by atoms with E-state index in [-0.39, 0.29) is 22.8 Å². The summed E-state index contributed by atoms with van der Waals surface area (Å²) in [5.74, 6) is -0.208. The van der Waals surface area contributed by atoms with E-state index in [1.807, 2.05) is 0 Å². The SMILES string of the molecule is Cn1nc(C(=O)N2CCN(c3ccc([N+](=O)[O-])cc3)CC2)c2ccccc2c1=O. The van der Waals surface area contributed by atoms with Gasteiger partial charge in [-0.05, 0) is 18.2 Å². The van der Waals surface area contributed by atoms with Crippen LogP contribution < -0.4 is 10.5 Å². The molecule has 1 aliphatic heterocycles. The predicted octanol–water partition coefficient (Wildman–Crippen LogP) is 1.80. The molecular formula is C20H19N5O4. The number of nitro groups is 1. The van der Waals surface area contributed by atoms with E-state index >= 15 is 0 Å². The molecule has 2 heterocycles. The lowest BCUT2D eigenvalue weighted by molar-refractivity contribution is -0.384. The standard InChI is InChI=1S/C20H19N5O4/c1-22-19(26)17-5-3-2-4-16(17)18(21-22)20(27)24-12-10-23(11-13-24)14-6-8-15(9-7-14)25(28)29/h2-9H,10-13H2,1H3. The number of carbonyl (C=O) groups is 1. The number of non-ortho nitro benzene ring substituents is 1. The van der Waals surface area contributed by atoms with Gasteiger partial charge in [-0.15, -0.1) is 0 Å². The maximum absolute atomic E-state index is 13.1. The number of piperazine rings is 1. The largest absolute Gasteiger partial charge is 0.368 e. The molecule has 3 aromatic rings. The average Bonchev–Trinajstić information content (AvgIpc) is 2.76. The summed E-state index contributed by atoms with van der Waals surface area (Å²) in [4.78, 5) is 39.5. The number of amides is 1. The van der Waals surface area contributed by atoms with Gasteiger partial charge in [0.2, 0.25) is 0 Å². The molecule has 0 radical (unpaired) electrons. The first-order valence-electron chi connectivity index (χ1n) is 9.20. The summed E-state index contributed by atoms with van der Waals surface area (Å²) in [6, 6.07) is 13.4. The average molecular weight is 393 g/mol. The number of nitrogens with zero attached hydrogens (tertiary/aromatic N) is 5. The molecule has 29 heavy (non-hydrogen) atoms. The summed E-state index contributed by atoms with van der Waals surface area (Å²) >= 11 is 0. The number of aromatic nitrogens is 2. The van der Waals surface area contributed by atoms with E-state index in [1.165, 1.54) is 23.9 Å². The van der Waals surface area contributed by atoms with Crippen molar-refractivity contribution in [3.8, 4) is 0 Å². The smallest absolute Gasteiger partial charge is 0.275 e. The number of hydrogen-bond donors (Lipinski definition) is 0. The van der Waals surface area contributed by atoms with Crippen LogP contribution in [0.1, 0.15) is 10.5 Å². The van der Waals surface area contributed by atoms with Crippen molar-refractivity contribution in [3.05, 3.63) is 74.7 Å². The van der Waals surface area contributed by atoms with Gasteiger partial charge in [-0.2, -0.15) is 5.10 Å². The molecule has 0 aliphatic carbocycles.